The summed E-state index contributed by atoms with van der Waals surface area (Å²) in [5.74, 6) is 1.29. The van der Waals surface area contributed by atoms with E-state index in [9.17, 15) is 9.59 Å². The predicted molar refractivity (Wildman–Crippen MR) is 124 cm³/mol. The second-order valence-corrected chi connectivity index (χ2v) is 7.80. The van der Waals surface area contributed by atoms with Gasteiger partial charge in [-0.25, -0.2) is 0 Å². The molecule has 8 heteroatoms. The van der Waals surface area contributed by atoms with Crippen LogP contribution in [-0.2, 0) is 4.79 Å². The third kappa shape index (κ3) is 4.70. The summed E-state index contributed by atoms with van der Waals surface area (Å²) in [6, 6.07) is 9.37. The van der Waals surface area contributed by atoms with Gasteiger partial charge in [0.15, 0.2) is 16.9 Å². The first kappa shape index (κ1) is 23.1. The Labute approximate surface area is 186 Å². The average Bonchev–Trinajstić information content (AvgIpc) is 2.77. The molecule has 2 aromatic carbocycles. The molecule has 0 aliphatic heterocycles. The number of rotatable bonds is 8. The second-order valence-electron chi connectivity index (χ2n) is 7.80. The first-order valence-electron chi connectivity index (χ1n) is 10.2. The molecule has 32 heavy (non-hydrogen) atoms. The number of nitrogens with one attached hydrogen (secondary N) is 1. The third-order valence-corrected chi connectivity index (χ3v) is 5.00. The van der Waals surface area contributed by atoms with Crippen LogP contribution in [0.4, 0.5) is 5.69 Å². The van der Waals surface area contributed by atoms with E-state index in [1.807, 2.05) is 13.8 Å². The van der Waals surface area contributed by atoms with E-state index in [4.69, 9.17) is 24.4 Å². The Morgan fingerprint density at radius 3 is 2.41 bits per heavy atom. The van der Waals surface area contributed by atoms with Crippen molar-refractivity contribution in [2.45, 2.75) is 26.3 Å². The maximum absolute atomic E-state index is 13.0. The second kappa shape index (κ2) is 9.74. The molecule has 3 rings (SSSR count). The summed E-state index contributed by atoms with van der Waals surface area (Å²) in [5.41, 5.74) is 7.13. The maximum atomic E-state index is 13.0. The first-order chi connectivity index (χ1) is 15.3. The van der Waals surface area contributed by atoms with Gasteiger partial charge in [-0.1, -0.05) is 26.0 Å². The van der Waals surface area contributed by atoms with Crippen LogP contribution < -0.4 is 30.7 Å². The number of hydrogen-bond donors (Lipinski definition) is 2. The zero-order valence-electron chi connectivity index (χ0n) is 18.9. The van der Waals surface area contributed by atoms with Crippen molar-refractivity contribution in [1.82, 2.24) is 0 Å². The van der Waals surface area contributed by atoms with Crippen molar-refractivity contribution >= 4 is 22.6 Å². The highest BCUT2D eigenvalue weighted by atomic mass is 16.5. The molecule has 170 valence electrons. The number of amides is 1. The largest absolute Gasteiger partial charge is 0.493 e. The van der Waals surface area contributed by atoms with Gasteiger partial charge in [0.2, 0.25) is 11.7 Å². The Kier molecular flexibility index (Phi) is 7.05. The van der Waals surface area contributed by atoms with Gasteiger partial charge in [-0.15, -0.1) is 0 Å². The molecule has 1 atom stereocenters. The van der Waals surface area contributed by atoms with E-state index in [1.54, 1.807) is 30.3 Å². The zero-order chi connectivity index (χ0) is 23.4. The lowest BCUT2D eigenvalue weighted by Crippen LogP contribution is -2.36. The molecule has 0 radical (unpaired) electrons. The van der Waals surface area contributed by atoms with E-state index in [2.05, 4.69) is 5.32 Å². The number of benzene rings is 2. The Balaban J connectivity index is 2.03. The van der Waals surface area contributed by atoms with Crippen molar-refractivity contribution in [2.75, 3.05) is 26.6 Å². The van der Waals surface area contributed by atoms with Gasteiger partial charge in [0, 0.05) is 23.4 Å². The Bertz CT molecular complexity index is 1190. The quantitative estimate of drug-likeness (QED) is 0.548. The van der Waals surface area contributed by atoms with Crippen LogP contribution in [0.5, 0.6) is 17.2 Å². The number of fused-ring (bicyclic) bond motifs is 1. The number of nitrogens with two attached hydrogens (primary N) is 1. The molecule has 0 spiro atoms. The van der Waals surface area contributed by atoms with Crippen molar-refractivity contribution in [3.63, 3.8) is 0 Å². The Hall–Kier alpha value is -3.52. The van der Waals surface area contributed by atoms with Crippen LogP contribution in [0.15, 0.2) is 45.6 Å². The summed E-state index contributed by atoms with van der Waals surface area (Å²) in [4.78, 5) is 25.3. The van der Waals surface area contributed by atoms with Crippen LogP contribution in [-0.4, -0.2) is 33.3 Å². The minimum absolute atomic E-state index is 0.238. The lowest BCUT2D eigenvalue weighted by Gasteiger charge is -2.15. The highest BCUT2D eigenvalue weighted by Crippen LogP contribution is 2.42. The van der Waals surface area contributed by atoms with E-state index in [-0.39, 0.29) is 28.1 Å². The van der Waals surface area contributed by atoms with Gasteiger partial charge in [0.1, 0.15) is 16.7 Å². The maximum Gasteiger partial charge on any atom is 0.241 e. The predicted octanol–water partition coefficient (Wildman–Crippen LogP) is 3.80. The first-order valence-corrected chi connectivity index (χ1v) is 10.2. The van der Waals surface area contributed by atoms with Gasteiger partial charge in [-0.2, -0.15) is 0 Å². The van der Waals surface area contributed by atoms with E-state index < -0.39 is 6.04 Å². The molecule has 3 N–H and O–H groups in total. The molecule has 0 saturated heterocycles. The van der Waals surface area contributed by atoms with E-state index >= 15 is 0 Å². The van der Waals surface area contributed by atoms with Gasteiger partial charge in [0.05, 0.1) is 27.4 Å². The van der Waals surface area contributed by atoms with Gasteiger partial charge in [-0.05, 0) is 24.5 Å². The van der Waals surface area contributed by atoms with Crippen LogP contribution in [0.1, 0.15) is 20.3 Å². The fourth-order valence-electron chi connectivity index (χ4n) is 3.53. The number of hydrogen-bond acceptors (Lipinski definition) is 7. The molecule has 1 amide bonds. The Morgan fingerprint density at radius 2 is 1.78 bits per heavy atom. The Morgan fingerprint density at radius 1 is 1.06 bits per heavy atom. The fourth-order valence-corrected chi connectivity index (χ4v) is 3.53. The highest BCUT2D eigenvalue weighted by Gasteiger charge is 2.21. The normalized spacial score (nSPS) is 12.0. The number of carbonyl (C=O) groups excluding carboxylic acids is 1. The fraction of sp³-hybridized carbons (Fsp3) is 0.333. The minimum atomic E-state index is -0.604. The van der Waals surface area contributed by atoms with Crippen molar-refractivity contribution in [2.24, 2.45) is 11.7 Å². The molecule has 0 aliphatic carbocycles. The van der Waals surface area contributed by atoms with Crippen molar-refractivity contribution < 1.29 is 23.4 Å². The van der Waals surface area contributed by atoms with Crippen molar-refractivity contribution in [3.05, 3.63) is 46.6 Å². The standard InChI is InChI=1S/C24H28N2O6/c1-13(2)9-16(25)24(28)26-15-8-6-7-14(10-15)18-11-17(27)21-19(32-18)12-20(29-3)22(30-4)23(21)31-5/h6-8,10-13,16H,9,25H2,1-5H3,(H,26,28)/t16-/m0/s1. The summed E-state index contributed by atoms with van der Waals surface area (Å²) >= 11 is 0. The van der Waals surface area contributed by atoms with Crippen LogP contribution in [0.3, 0.4) is 0 Å². The van der Waals surface area contributed by atoms with E-state index in [0.717, 1.165) is 0 Å². The minimum Gasteiger partial charge on any atom is -0.493 e. The lowest BCUT2D eigenvalue weighted by atomic mass is 10.0. The van der Waals surface area contributed by atoms with Gasteiger partial charge in [-0.3, -0.25) is 9.59 Å². The summed E-state index contributed by atoms with van der Waals surface area (Å²) in [7, 11) is 4.40. The molecular formula is C24H28N2O6. The monoisotopic (exact) mass is 440 g/mol. The van der Waals surface area contributed by atoms with Crippen LogP contribution in [0.2, 0.25) is 0 Å². The number of ether oxygens (including phenoxy) is 3. The zero-order valence-corrected chi connectivity index (χ0v) is 18.9. The lowest BCUT2D eigenvalue weighted by molar-refractivity contribution is -0.117. The van der Waals surface area contributed by atoms with Gasteiger partial charge >= 0.3 is 0 Å². The molecule has 0 bridgehead atoms. The van der Waals surface area contributed by atoms with E-state index in [1.165, 1.54) is 27.4 Å². The number of anilines is 1. The summed E-state index contributed by atoms with van der Waals surface area (Å²) in [6.45, 7) is 4.02. The molecule has 1 aromatic heterocycles. The van der Waals surface area contributed by atoms with Crippen LogP contribution >= 0.6 is 0 Å². The van der Waals surface area contributed by atoms with E-state index in [0.29, 0.717) is 40.8 Å². The topological polar surface area (TPSA) is 113 Å². The van der Waals surface area contributed by atoms with Gasteiger partial charge < -0.3 is 29.7 Å². The average molecular weight is 440 g/mol. The highest BCUT2D eigenvalue weighted by molar-refractivity contribution is 5.95. The number of methoxy groups -OCH3 is 3. The third-order valence-electron chi connectivity index (χ3n) is 5.00. The van der Waals surface area contributed by atoms with Crippen LogP contribution in [0, 0.1) is 5.92 Å². The van der Waals surface area contributed by atoms with Crippen LogP contribution in [0.25, 0.3) is 22.3 Å². The smallest absolute Gasteiger partial charge is 0.241 e. The molecule has 0 fully saturated rings. The molecule has 0 aliphatic rings. The van der Waals surface area contributed by atoms with Crippen molar-refractivity contribution in [3.8, 4) is 28.6 Å². The summed E-state index contributed by atoms with van der Waals surface area (Å²) < 4.78 is 22.1. The molecule has 0 unspecified atom stereocenters. The molecule has 0 saturated carbocycles. The van der Waals surface area contributed by atoms with Gasteiger partial charge in [0.25, 0.3) is 0 Å². The SMILES string of the molecule is COc1cc2oc(-c3cccc(NC(=O)[C@@H](N)CC(C)C)c3)cc(=O)c2c(OC)c1OC. The number of carbonyl (C=O) groups is 1. The van der Waals surface area contributed by atoms with Crippen molar-refractivity contribution in [1.29, 1.82) is 0 Å². The molecule has 8 nitrogen and oxygen atoms in total. The molecular weight excluding hydrogens is 412 g/mol. The molecule has 3 aromatic rings. The summed E-state index contributed by atoms with van der Waals surface area (Å²) in [5, 5.41) is 3.07. The molecule has 1 heterocycles. The summed E-state index contributed by atoms with van der Waals surface area (Å²) in [6.07, 6.45) is 0.582.